The summed E-state index contributed by atoms with van der Waals surface area (Å²) < 4.78 is 1.80. The first-order valence-electron chi connectivity index (χ1n) is 5.59. The van der Waals surface area contributed by atoms with E-state index in [1.807, 2.05) is 6.07 Å². The molecule has 1 aromatic carbocycles. The van der Waals surface area contributed by atoms with Crippen LogP contribution in [0, 0.1) is 0 Å². The average Bonchev–Trinajstić information content (AvgIpc) is 2.77. The third kappa shape index (κ3) is 2.57. The third-order valence-electron chi connectivity index (χ3n) is 2.65. The van der Waals surface area contributed by atoms with Crippen molar-refractivity contribution in [3.63, 3.8) is 0 Å². The van der Waals surface area contributed by atoms with Crippen LogP contribution in [-0.2, 0) is 6.54 Å². The molecule has 5 heteroatoms. The van der Waals surface area contributed by atoms with Gasteiger partial charge in [-0.2, -0.15) is 0 Å². The minimum atomic E-state index is -0.946. The maximum absolute atomic E-state index is 10.9. The summed E-state index contributed by atoms with van der Waals surface area (Å²) in [6, 6.07) is 6.72. The van der Waals surface area contributed by atoms with E-state index in [1.54, 1.807) is 42.1 Å². The van der Waals surface area contributed by atoms with Crippen molar-refractivity contribution in [3.8, 4) is 0 Å². The van der Waals surface area contributed by atoms with Crippen molar-refractivity contribution in [1.82, 2.24) is 9.55 Å². The highest BCUT2D eigenvalue weighted by Gasteiger charge is 2.09. The number of aromatic nitrogens is 2. The smallest absolute Gasteiger partial charge is 0.335 e. The van der Waals surface area contributed by atoms with Gasteiger partial charge in [-0.25, -0.2) is 9.78 Å². The summed E-state index contributed by atoms with van der Waals surface area (Å²) >= 11 is 0. The summed E-state index contributed by atoms with van der Waals surface area (Å²) in [6.07, 6.45) is 2.72. The van der Waals surface area contributed by atoms with Gasteiger partial charge >= 0.3 is 5.97 Å². The molecular formula is C13H14N2O3. The lowest BCUT2D eigenvalue weighted by Crippen LogP contribution is -2.08. The normalized spacial score (nSPS) is 12.3. The van der Waals surface area contributed by atoms with Crippen molar-refractivity contribution >= 4 is 5.97 Å². The fraction of sp³-hybridized carbons (Fsp3) is 0.231. The van der Waals surface area contributed by atoms with Crippen molar-refractivity contribution < 1.29 is 15.0 Å². The van der Waals surface area contributed by atoms with Crippen LogP contribution in [0.3, 0.4) is 0 Å². The topological polar surface area (TPSA) is 75.4 Å². The monoisotopic (exact) mass is 246 g/mol. The average molecular weight is 246 g/mol. The second kappa shape index (κ2) is 5.01. The Morgan fingerprint density at radius 1 is 1.50 bits per heavy atom. The number of aliphatic hydroxyl groups excluding tert-OH is 1. The lowest BCUT2D eigenvalue weighted by Gasteiger charge is -2.10. The number of aliphatic hydroxyl groups is 1. The van der Waals surface area contributed by atoms with E-state index in [-0.39, 0.29) is 5.56 Å². The molecule has 1 heterocycles. The van der Waals surface area contributed by atoms with Gasteiger partial charge in [0, 0.05) is 18.9 Å². The predicted molar refractivity (Wildman–Crippen MR) is 65.4 cm³/mol. The molecule has 0 saturated carbocycles. The Balaban J connectivity index is 2.26. The molecule has 5 nitrogen and oxygen atoms in total. The zero-order valence-corrected chi connectivity index (χ0v) is 9.95. The quantitative estimate of drug-likeness (QED) is 0.860. The molecule has 0 radical (unpaired) electrons. The van der Waals surface area contributed by atoms with Gasteiger partial charge in [0.05, 0.1) is 5.56 Å². The number of rotatable bonds is 4. The molecular weight excluding hydrogens is 232 g/mol. The fourth-order valence-electron chi connectivity index (χ4n) is 1.82. The first-order chi connectivity index (χ1) is 8.58. The standard InChI is InChI=1S/C13H14N2O3/c1-9(16)12-14-5-6-15(12)8-10-3-2-4-11(7-10)13(17)18/h2-7,9,16H,8H2,1H3,(H,17,18). The minimum Gasteiger partial charge on any atom is -0.478 e. The van der Waals surface area contributed by atoms with Crippen molar-refractivity contribution in [1.29, 1.82) is 0 Å². The van der Waals surface area contributed by atoms with Gasteiger partial charge in [-0.3, -0.25) is 0 Å². The summed E-state index contributed by atoms with van der Waals surface area (Å²) in [5, 5.41) is 18.5. The Hall–Kier alpha value is -2.14. The molecule has 0 aliphatic rings. The molecule has 1 atom stereocenters. The van der Waals surface area contributed by atoms with Gasteiger partial charge < -0.3 is 14.8 Å². The van der Waals surface area contributed by atoms with Crippen molar-refractivity contribution in [2.45, 2.75) is 19.6 Å². The van der Waals surface area contributed by atoms with Gasteiger partial charge in [-0.15, -0.1) is 0 Å². The zero-order chi connectivity index (χ0) is 13.1. The summed E-state index contributed by atoms with van der Waals surface area (Å²) in [4.78, 5) is 14.9. The highest BCUT2D eigenvalue weighted by atomic mass is 16.4. The fourth-order valence-corrected chi connectivity index (χ4v) is 1.82. The van der Waals surface area contributed by atoms with Crippen LogP contribution < -0.4 is 0 Å². The SMILES string of the molecule is CC(O)c1nccn1Cc1cccc(C(=O)O)c1. The summed E-state index contributed by atoms with van der Waals surface area (Å²) in [7, 11) is 0. The maximum atomic E-state index is 10.9. The molecule has 18 heavy (non-hydrogen) atoms. The molecule has 2 N–H and O–H groups in total. The van der Waals surface area contributed by atoms with Gasteiger partial charge in [0.25, 0.3) is 0 Å². The molecule has 0 saturated heterocycles. The summed E-state index contributed by atoms with van der Waals surface area (Å²) in [6.45, 7) is 2.13. The Bertz CT molecular complexity index is 561. The van der Waals surface area contributed by atoms with Gasteiger partial charge in [0.1, 0.15) is 11.9 Å². The Kier molecular flexibility index (Phi) is 3.43. The number of hydrogen-bond donors (Lipinski definition) is 2. The van der Waals surface area contributed by atoms with E-state index in [4.69, 9.17) is 5.11 Å². The molecule has 94 valence electrons. The highest BCUT2D eigenvalue weighted by molar-refractivity contribution is 5.87. The van der Waals surface area contributed by atoms with E-state index in [0.29, 0.717) is 12.4 Å². The van der Waals surface area contributed by atoms with Crippen LogP contribution in [0.25, 0.3) is 0 Å². The van der Waals surface area contributed by atoms with Gasteiger partial charge in [0.2, 0.25) is 0 Å². The molecule has 2 rings (SSSR count). The largest absolute Gasteiger partial charge is 0.478 e. The van der Waals surface area contributed by atoms with Gasteiger partial charge in [-0.05, 0) is 24.6 Å². The lowest BCUT2D eigenvalue weighted by atomic mass is 10.1. The molecule has 0 fully saturated rings. The van der Waals surface area contributed by atoms with Crippen LogP contribution >= 0.6 is 0 Å². The summed E-state index contributed by atoms with van der Waals surface area (Å²) in [5.74, 6) is -0.381. The second-order valence-electron chi connectivity index (χ2n) is 4.09. The second-order valence-corrected chi connectivity index (χ2v) is 4.09. The number of nitrogens with zero attached hydrogens (tertiary/aromatic N) is 2. The maximum Gasteiger partial charge on any atom is 0.335 e. The molecule has 0 amide bonds. The van der Waals surface area contributed by atoms with Gasteiger partial charge in [0.15, 0.2) is 0 Å². The van der Waals surface area contributed by atoms with E-state index >= 15 is 0 Å². The van der Waals surface area contributed by atoms with E-state index in [1.165, 1.54) is 0 Å². The van der Waals surface area contributed by atoms with E-state index in [2.05, 4.69) is 4.98 Å². The van der Waals surface area contributed by atoms with Crippen LogP contribution in [0.1, 0.15) is 34.8 Å². The van der Waals surface area contributed by atoms with Crippen LogP contribution in [0.5, 0.6) is 0 Å². The van der Waals surface area contributed by atoms with E-state index in [9.17, 15) is 9.90 Å². The number of carboxylic acid groups (broad SMARTS) is 1. The first-order valence-corrected chi connectivity index (χ1v) is 5.59. The van der Waals surface area contributed by atoms with E-state index in [0.717, 1.165) is 5.56 Å². The van der Waals surface area contributed by atoms with Crippen LogP contribution in [-0.4, -0.2) is 25.7 Å². The van der Waals surface area contributed by atoms with Crippen molar-refractivity contribution in [3.05, 3.63) is 53.6 Å². The predicted octanol–water partition coefficient (Wildman–Crippen LogP) is 1.68. The number of carboxylic acids is 1. The molecule has 0 aliphatic carbocycles. The van der Waals surface area contributed by atoms with Crippen molar-refractivity contribution in [2.75, 3.05) is 0 Å². The highest BCUT2D eigenvalue weighted by Crippen LogP contribution is 2.13. The first kappa shape index (κ1) is 12.3. The van der Waals surface area contributed by atoms with Crippen molar-refractivity contribution in [2.24, 2.45) is 0 Å². The molecule has 0 spiro atoms. The molecule has 2 aromatic rings. The number of carbonyl (C=O) groups is 1. The number of hydrogen-bond acceptors (Lipinski definition) is 3. The third-order valence-corrected chi connectivity index (χ3v) is 2.65. The summed E-state index contributed by atoms with van der Waals surface area (Å²) in [5.41, 5.74) is 1.11. The van der Waals surface area contributed by atoms with Crippen LogP contribution in [0.4, 0.5) is 0 Å². The molecule has 1 aromatic heterocycles. The zero-order valence-electron chi connectivity index (χ0n) is 9.95. The van der Waals surface area contributed by atoms with E-state index < -0.39 is 12.1 Å². The van der Waals surface area contributed by atoms with Gasteiger partial charge in [-0.1, -0.05) is 12.1 Å². The number of benzene rings is 1. The number of imidazole rings is 1. The molecule has 0 bridgehead atoms. The van der Waals surface area contributed by atoms with Crippen LogP contribution in [0.2, 0.25) is 0 Å². The Labute approximate surface area is 104 Å². The molecule has 0 aliphatic heterocycles. The number of aromatic carboxylic acids is 1. The molecule has 1 unspecified atom stereocenters. The minimum absolute atomic E-state index is 0.256. The Morgan fingerprint density at radius 2 is 2.28 bits per heavy atom. The Morgan fingerprint density at radius 3 is 2.94 bits per heavy atom. The lowest BCUT2D eigenvalue weighted by molar-refractivity contribution is 0.0696. The van der Waals surface area contributed by atoms with Crippen LogP contribution in [0.15, 0.2) is 36.7 Å².